The number of ether oxygens (including phenoxy) is 1. The van der Waals surface area contributed by atoms with Crippen LogP contribution in [0.25, 0.3) is 0 Å². The van der Waals surface area contributed by atoms with Crippen LogP contribution in [0, 0.1) is 0 Å². The lowest BCUT2D eigenvalue weighted by Gasteiger charge is -2.25. The second kappa shape index (κ2) is 11.3. The summed E-state index contributed by atoms with van der Waals surface area (Å²) in [6.45, 7) is 3.98. The van der Waals surface area contributed by atoms with Gasteiger partial charge in [-0.2, -0.15) is 10.1 Å². The minimum absolute atomic E-state index is 0.125. The molecular formula is C21H27F2N4O7PS. The Morgan fingerprint density at radius 3 is 2.58 bits per heavy atom. The number of rotatable bonds is 10. The number of halogens is 2. The third-order valence-electron chi connectivity index (χ3n) is 4.92. The maximum Gasteiger partial charge on any atom is 0.459 e. The number of nitrogens with zero attached hydrogens (tertiary/aromatic N) is 2. The Bertz CT molecular complexity index is 1170. The van der Waals surface area contributed by atoms with Crippen LogP contribution in [-0.2, 0) is 18.6 Å². The summed E-state index contributed by atoms with van der Waals surface area (Å²) in [6, 6.07) is 7.91. The second-order valence-electron chi connectivity index (χ2n) is 8.22. The summed E-state index contributed by atoms with van der Waals surface area (Å²) in [7, 11) is -4.34. The third kappa shape index (κ3) is 6.62. The van der Waals surface area contributed by atoms with Crippen molar-refractivity contribution >= 4 is 31.3 Å². The highest BCUT2D eigenvalue weighted by atomic mass is 32.2. The number of nitrogen functional groups attached to an aromatic ring is 1. The number of carbonyl (C=O) groups excluding carboxylic acids is 1. The predicted octanol–water partition coefficient (Wildman–Crippen LogP) is 2.57. The highest BCUT2D eigenvalue weighted by molar-refractivity contribution is 8.00. The lowest BCUT2D eigenvalue weighted by molar-refractivity contribution is -0.149. The van der Waals surface area contributed by atoms with Gasteiger partial charge in [-0.1, -0.05) is 18.2 Å². The molecule has 198 valence electrons. The zero-order chi connectivity index (χ0) is 26.7. The van der Waals surface area contributed by atoms with E-state index in [9.17, 15) is 28.0 Å². The van der Waals surface area contributed by atoms with Crippen molar-refractivity contribution in [1.29, 1.82) is 0 Å². The number of hydrogen-bond acceptors (Lipinski definition) is 10. The van der Waals surface area contributed by atoms with E-state index in [1.807, 2.05) is 0 Å². The molecule has 0 spiro atoms. The molecule has 0 bridgehead atoms. The van der Waals surface area contributed by atoms with Gasteiger partial charge in [-0.05, 0) is 39.0 Å². The van der Waals surface area contributed by atoms with Gasteiger partial charge in [0.15, 0.2) is 5.37 Å². The number of anilines is 1. The van der Waals surface area contributed by atoms with Crippen molar-refractivity contribution in [2.45, 2.75) is 55.6 Å². The van der Waals surface area contributed by atoms with Crippen LogP contribution in [0.3, 0.4) is 0 Å². The predicted molar refractivity (Wildman–Crippen MR) is 129 cm³/mol. The Balaban J connectivity index is 1.79. The van der Waals surface area contributed by atoms with E-state index >= 15 is 0 Å². The first-order valence-electron chi connectivity index (χ1n) is 10.9. The molecule has 15 heteroatoms. The summed E-state index contributed by atoms with van der Waals surface area (Å²) >= 11 is 0.540. The van der Waals surface area contributed by atoms with Crippen molar-refractivity contribution in [2.75, 3.05) is 12.3 Å². The average molecular weight is 549 g/mol. The van der Waals surface area contributed by atoms with E-state index in [-0.39, 0.29) is 11.6 Å². The van der Waals surface area contributed by atoms with Gasteiger partial charge in [-0.3, -0.25) is 13.9 Å². The monoisotopic (exact) mass is 548 g/mol. The Hall–Kier alpha value is -2.51. The first kappa shape index (κ1) is 28.1. The van der Waals surface area contributed by atoms with E-state index in [4.69, 9.17) is 19.5 Å². The largest absolute Gasteiger partial charge is 0.462 e. The summed E-state index contributed by atoms with van der Waals surface area (Å²) in [6.07, 6.45) is -1.64. The fourth-order valence-corrected chi connectivity index (χ4v) is 6.25. The zero-order valence-corrected chi connectivity index (χ0v) is 21.3. The topological polar surface area (TPSA) is 155 Å². The van der Waals surface area contributed by atoms with Crippen molar-refractivity contribution in [3.63, 3.8) is 0 Å². The molecule has 1 aromatic carbocycles. The third-order valence-corrected chi connectivity index (χ3v) is 8.10. The highest BCUT2D eigenvalue weighted by Gasteiger charge is 2.59. The Labute approximate surface area is 209 Å². The molecule has 2 unspecified atom stereocenters. The molecule has 0 radical (unpaired) electrons. The van der Waals surface area contributed by atoms with Crippen LogP contribution in [0.4, 0.5) is 14.6 Å². The maximum atomic E-state index is 14.9. The van der Waals surface area contributed by atoms with Gasteiger partial charge < -0.3 is 20.1 Å². The molecule has 2 heterocycles. The number of aliphatic hydroxyl groups excluding tert-OH is 1. The molecule has 5 atom stereocenters. The number of carbonyl (C=O) groups is 1. The van der Waals surface area contributed by atoms with Gasteiger partial charge in [0.25, 0.3) is 0 Å². The molecular weight excluding hydrogens is 521 g/mol. The standard InChI is InChI=1S/C21H27F2N4O7PS/c1-12(2)33-18(29)13(3)26-35(31,34-14-7-5-4-6-8-14)32-11-15-17(28)21(22,23)19(36-15)27-10-9-16(24)25-20(27)30/h4-10,12-13,15,17,19,28H,11H2,1-3H3,(H,26,31)(H2,24,25,30)/t13?,15-,17-,19-,35?/m1/s1. The Morgan fingerprint density at radius 1 is 1.31 bits per heavy atom. The van der Waals surface area contributed by atoms with Crippen LogP contribution >= 0.6 is 19.5 Å². The van der Waals surface area contributed by atoms with Crippen LogP contribution in [0.1, 0.15) is 26.1 Å². The van der Waals surface area contributed by atoms with E-state index < -0.39 is 60.8 Å². The van der Waals surface area contributed by atoms with Crippen LogP contribution in [0.5, 0.6) is 5.75 Å². The normalized spacial score (nSPS) is 23.7. The van der Waals surface area contributed by atoms with Crippen LogP contribution < -0.4 is 21.0 Å². The van der Waals surface area contributed by atoms with E-state index in [0.29, 0.717) is 16.3 Å². The van der Waals surface area contributed by atoms with Gasteiger partial charge in [0.1, 0.15) is 23.7 Å². The quantitative estimate of drug-likeness (QED) is 0.296. The number of hydrogen-bond donors (Lipinski definition) is 3. The smallest absolute Gasteiger partial charge is 0.459 e. The molecule has 0 saturated carbocycles. The van der Waals surface area contributed by atoms with E-state index in [1.165, 1.54) is 25.1 Å². The number of benzene rings is 1. The molecule has 11 nitrogen and oxygen atoms in total. The maximum absolute atomic E-state index is 14.9. The SMILES string of the molecule is CC(C)OC(=O)C(C)NP(=O)(OC[C@H]1S[C@@H](n2ccc(N)nc2=O)C(F)(F)[C@@H]1O)Oc1ccccc1. The fourth-order valence-electron chi connectivity index (χ4n) is 3.22. The number of thioether (sulfide) groups is 1. The number of nitrogens with two attached hydrogens (primary N) is 1. The molecule has 0 aliphatic carbocycles. The van der Waals surface area contributed by atoms with E-state index in [1.54, 1.807) is 32.0 Å². The molecule has 0 amide bonds. The number of esters is 1. The minimum Gasteiger partial charge on any atom is -0.462 e. The molecule has 1 aliphatic heterocycles. The molecule has 1 saturated heterocycles. The molecule has 2 aromatic rings. The Morgan fingerprint density at radius 2 is 1.97 bits per heavy atom. The molecule has 1 fully saturated rings. The van der Waals surface area contributed by atoms with E-state index in [2.05, 4.69) is 10.1 Å². The van der Waals surface area contributed by atoms with Crippen LogP contribution in [0.2, 0.25) is 0 Å². The molecule has 4 N–H and O–H groups in total. The van der Waals surface area contributed by atoms with Crippen LogP contribution in [-0.4, -0.2) is 56.7 Å². The Kier molecular flexibility index (Phi) is 8.78. The van der Waals surface area contributed by atoms with Crippen molar-refractivity contribution in [1.82, 2.24) is 14.6 Å². The number of para-hydroxylation sites is 1. The summed E-state index contributed by atoms with van der Waals surface area (Å²) in [5.41, 5.74) is 4.41. The number of aliphatic hydroxyl groups is 1. The fraction of sp³-hybridized carbons (Fsp3) is 0.476. The van der Waals surface area contributed by atoms with Crippen molar-refractivity contribution in [2.24, 2.45) is 0 Å². The van der Waals surface area contributed by atoms with Crippen molar-refractivity contribution in [3.05, 3.63) is 53.1 Å². The van der Waals surface area contributed by atoms with Crippen molar-refractivity contribution < 1.29 is 37.0 Å². The highest BCUT2D eigenvalue weighted by Crippen LogP contribution is 2.53. The summed E-state index contributed by atoms with van der Waals surface area (Å²) in [5.74, 6) is -4.51. The first-order chi connectivity index (χ1) is 16.8. The lowest BCUT2D eigenvalue weighted by Crippen LogP contribution is -2.42. The van der Waals surface area contributed by atoms with Gasteiger partial charge in [-0.25, -0.2) is 18.1 Å². The average Bonchev–Trinajstić information content (AvgIpc) is 3.01. The summed E-state index contributed by atoms with van der Waals surface area (Å²) in [5, 5.41) is 9.62. The van der Waals surface area contributed by atoms with Gasteiger partial charge in [0.2, 0.25) is 0 Å². The second-order valence-corrected chi connectivity index (χ2v) is 11.2. The van der Waals surface area contributed by atoms with Crippen molar-refractivity contribution in [3.8, 4) is 5.75 Å². The number of alkyl halides is 2. The zero-order valence-electron chi connectivity index (χ0n) is 19.6. The van der Waals surface area contributed by atoms with Crippen LogP contribution in [0.15, 0.2) is 47.4 Å². The molecule has 36 heavy (non-hydrogen) atoms. The molecule has 1 aromatic heterocycles. The van der Waals surface area contributed by atoms with E-state index in [0.717, 1.165) is 6.20 Å². The van der Waals surface area contributed by atoms with Gasteiger partial charge in [0, 0.05) is 6.20 Å². The molecule has 3 rings (SSSR count). The summed E-state index contributed by atoms with van der Waals surface area (Å²) < 4.78 is 60.0. The van der Waals surface area contributed by atoms with Gasteiger partial charge in [0.05, 0.1) is 18.0 Å². The number of nitrogens with one attached hydrogen (secondary N) is 1. The number of aromatic nitrogens is 2. The van der Waals surface area contributed by atoms with Gasteiger partial charge >= 0.3 is 25.3 Å². The minimum atomic E-state index is -4.34. The summed E-state index contributed by atoms with van der Waals surface area (Å²) in [4.78, 5) is 27.8. The molecule has 1 aliphatic rings. The van der Waals surface area contributed by atoms with Gasteiger partial charge in [-0.15, -0.1) is 11.8 Å². The lowest BCUT2D eigenvalue weighted by atomic mass is 10.1. The first-order valence-corrected chi connectivity index (χ1v) is 13.3.